The number of nitrogens with one attached hydrogen (secondary N) is 3. The summed E-state index contributed by atoms with van der Waals surface area (Å²) in [5, 5.41) is 8.25. The number of Topliss-reactive ketones (excluding diaryl/α,β-unsaturated/α-hetero) is 1. The summed E-state index contributed by atoms with van der Waals surface area (Å²) < 4.78 is -1.82. The standard InChI is InChI=1S/C14H17Cl3N4O2S/c1-8(22)9-4-6-10(7-5-9)18-12(24)19-11(14(15,16)17)20-13(23)21(2)3/h4-7,11H,1-3H3,(H,20,23)(H2,18,19,24)/t11-/m0/s1. The molecule has 0 unspecified atom stereocenters. The van der Waals surface area contributed by atoms with Crippen LogP contribution >= 0.6 is 47.0 Å². The lowest BCUT2D eigenvalue weighted by molar-refractivity contribution is 0.101. The number of benzene rings is 1. The van der Waals surface area contributed by atoms with Gasteiger partial charge in [-0.2, -0.15) is 0 Å². The Hall–Kier alpha value is -1.28. The Bertz CT molecular complexity index is 617. The van der Waals surface area contributed by atoms with Gasteiger partial charge in [0, 0.05) is 25.3 Å². The number of amides is 2. The summed E-state index contributed by atoms with van der Waals surface area (Å²) in [5.41, 5.74) is 1.22. The molecule has 132 valence electrons. The summed E-state index contributed by atoms with van der Waals surface area (Å²) in [6.07, 6.45) is -1.05. The number of hydrogen-bond acceptors (Lipinski definition) is 3. The molecule has 1 atom stereocenters. The molecule has 0 aliphatic heterocycles. The predicted octanol–water partition coefficient (Wildman–Crippen LogP) is 3.14. The molecule has 10 heteroatoms. The van der Waals surface area contributed by atoms with Crippen molar-refractivity contribution in [3.63, 3.8) is 0 Å². The van der Waals surface area contributed by atoms with Gasteiger partial charge in [0.2, 0.25) is 3.79 Å². The monoisotopic (exact) mass is 410 g/mol. The van der Waals surface area contributed by atoms with Gasteiger partial charge in [0.15, 0.2) is 17.1 Å². The summed E-state index contributed by atoms with van der Waals surface area (Å²) in [5.74, 6) is -0.0371. The van der Waals surface area contributed by atoms with Crippen molar-refractivity contribution in [2.24, 2.45) is 0 Å². The van der Waals surface area contributed by atoms with Crippen LogP contribution in [0.1, 0.15) is 17.3 Å². The van der Waals surface area contributed by atoms with E-state index in [-0.39, 0.29) is 10.9 Å². The quantitative estimate of drug-likeness (QED) is 0.307. The Balaban J connectivity index is 2.74. The van der Waals surface area contributed by atoms with Gasteiger partial charge in [-0.15, -0.1) is 0 Å². The van der Waals surface area contributed by atoms with Crippen LogP contribution in [0.15, 0.2) is 24.3 Å². The van der Waals surface area contributed by atoms with Crippen molar-refractivity contribution in [2.45, 2.75) is 16.9 Å². The smallest absolute Gasteiger partial charge is 0.318 e. The predicted molar refractivity (Wildman–Crippen MR) is 102 cm³/mol. The third-order valence-corrected chi connectivity index (χ3v) is 3.70. The van der Waals surface area contributed by atoms with Crippen molar-refractivity contribution in [3.05, 3.63) is 29.8 Å². The molecule has 0 heterocycles. The zero-order valence-electron chi connectivity index (χ0n) is 13.2. The second-order valence-corrected chi connectivity index (χ2v) is 7.83. The number of carbonyl (C=O) groups excluding carboxylic acids is 2. The number of thiocarbonyl (C=S) groups is 1. The van der Waals surface area contributed by atoms with E-state index in [1.807, 2.05) is 0 Å². The number of carbonyl (C=O) groups is 2. The Morgan fingerprint density at radius 2 is 1.67 bits per heavy atom. The molecule has 0 saturated heterocycles. The molecule has 0 aliphatic rings. The molecule has 0 aliphatic carbocycles. The minimum atomic E-state index is -1.82. The largest absolute Gasteiger partial charge is 0.339 e. The lowest BCUT2D eigenvalue weighted by Crippen LogP contribution is -2.57. The van der Waals surface area contributed by atoms with Crippen LogP contribution in [0.25, 0.3) is 0 Å². The zero-order valence-corrected chi connectivity index (χ0v) is 16.3. The highest BCUT2D eigenvalue weighted by Crippen LogP contribution is 2.29. The van der Waals surface area contributed by atoms with E-state index < -0.39 is 16.0 Å². The molecule has 0 saturated carbocycles. The fraction of sp³-hybridized carbons (Fsp3) is 0.357. The first-order valence-electron chi connectivity index (χ1n) is 6.73. The van der Waals surface area contributed by atoms with Gasteiger partial charge in [-0.3, -0.25) is 4.79 Å². The SMILES string of the molecule is CC(=O)c1ccc(NC(=S)N[C@@H](NC(=O)N(C)C)C(Cl)(Cl)Cl)cc1. The van der Waals surface area contributed by atoms with E-state index in [0.717, 1.165) is 0 Å². The highest BCUT2D eigenvalue weighted by Gasteiger charge is 2.35. The van der Waals surface area contributed by atoms with E-state index >= 15 is 0 Å². The van der Waals surface area contributed by atoms with E-state index in [9.17, 15) is 9.59 Å². The van der Waals surface area contributed by atoms with Gasteiger partial charge >= 0.3 is 6.03 Å². The average molecular weight is 412 g/mol. The van der Waals surface area contributed by atoms with Crippen LogP contribution in [0.5, 0.6) is 0 Å². The highest BCUT2D eigenvalue weighted by molar-refractivity contribution is 7.80. The second kappa shape index (κ2) is 8.71. The molecular weight excluding hydrogens is 395 g/mol. The van der Waals surface area contributed by atoms with E-state index in [1.165, 1.54) is 11.8 Å². The van der Waals surface area contributed by atoms with Crippen molar-refractivity contribution in [2.75, 3.05) is 19.4 Å². The van der Waals surface area contributed by atoms with Gasteiger partial charge < -0.3 is 20.9 Å². The van der Waals surface area contributed by atoms with Gasteiger partial charge in [-0.05, 0) is 43.4 Å². The maximum atomic E-state index is 11.7. The normalized spacial score (nSPS) is 12.1. The van der Waals surface area contributed by atoms with Crippen molar-refractivity contribution in [1.29, 1.82) is 0 Å². The molecular formula is C14H17Cl3N4O2S. The fourth-order valence-corrected chi connectivity index (χ4v) is 2.10. The van der Waals surface area contributed by atoms with Crippen molar-refractivity contribution in [3.8, 4) is 0 Å². The van der Waals surface area contributed by atoms with Crippen LogP contribution in [0, 0.1) is 0 Å². The molecule has 2 amide bonds. The second-order valence-electron chi connectivity index (χ2n) is 5.05. The molecule has 1 aromatic rings. The third-order valence-electron chi connectivity index (χ3n) is 2.83. The Kier molecular flexibility index (Phi) is 7.54. The maximum absolute atomic E-state index is 11.7. The van der Waals surface area contributed by atoms with Gasteiger partial charge in [0.25, 0.3) is 0 Å². The summed E-state index contributed by atoms with van der Waals surface area (Å²) in [7, 11) is 3.11. The number of anilines is 1. The van der Waals surface area contributed by atoms with Gasteiger partial charge in [-0.1, -0.05) is 34.8 Å². The van der Waals surface area contributed by atoms with Crippen LogP contribution < -0.4 is 16.0 Å². The summed E-state index contributed by atoms with van der Waals surface area (Å²) in [6, 6.07) is 6.24. The molecule has 1 rings (SSSR count). The first-order valence-corrected chi connectivity index (χ1v) is 8.28. The van der Waals surface area contributed by atoms with Crippen LogP contribution in [-0.4, -0.2) is 45.9 Å². The summed E-state index contributed by atoms with van der Waals surface area (Å²) in [6.45, 7) is 1.48. The lowest BCUT2D eigenvalue weighted by Gasteiger charge is -2.28. The molecule has 6 nitrogen and oxygen atoms in total. The topological polar surface area (TPSA) is 73.5 Å². The fourth-order valence-electron chi connectivity index (χ4n) is 1.54. The van der Waals surface area contributed by atoms with Gasteiger partial charge in [0.05, 0.1) is 0 Å². The number of halogens is 3. The molecule has 1 aromatic carbocycles. The number of rotatable bonds is 4. The Morgan fingerprint density at radius 1 is 1.12 bits per heavy atom. The van der Waals surface area contributed by atoms with Crippen molar-refractivity contribution >= 4 is 69.6 Å². The Morgan fingerprint density at radius 3 is 2.08 bits per heavy atom. The number of nitrogens with zero attached hydrogens (tertiary/aromatic N) is 1. The van der Waals surface area contributed by atoms with Gasteiger partial charge in [-0.25, -0.2) is 4.79 Å². The molecule has 0 spiro atoms. The number of alkyl halides is 3. The van der Waals surface area contributed by atoms with Crippen LogP contribution in [0.3, 0.4) is 0 Å². The van der Waals surface area contributed by atoms with Crippen LogP contribution in [0.4, 0.5) is 10.5 Å². The van der Waals surface area contributed by atoms with E-state index in [2.05, 4.69) is 16.0 Å². The van der Waals surface area contributed by atoms with E-state index in [4.69, 9.17) is 47.0 Å². The average Bonchev–Trinajstić information content (AvgIpc) is 2.45. The number of urea groups is 1. The molecule has 0 bridgehead atoms. The summed E-state index contributed by atoms with van der Waals surface area (Å²) in [4.78, 5) is 24.3. The molecule has 3 N–H and O–H groups in total. The van der Waals surface area contributed by atoms with E-state index in [0.29, 0.717) is 11.3 Å². The van der Waals surface area contributed by atoms with Crippen molar-refractivity contribution in [1.82, 2.24) is 15.5 Å². The lowest BCUT2D eigenvalue weighted by atomic mass is 10.1. The third kappa shape index (κ3) is 6.68. The first-order chi connectivity index (χ1) is 11.0. The number of ketones is 1. The highest BCUT2D eigenvalue weighted by atomic mass is 35.6. The Labute approximate surface area is 160 Å². The van der Waals surface area contributed by atoms with Crippen LogP contribution in [0.2, 0.25) is 0 Å². The number of hydrogen-bond donors (Lipinski definition) is 3. The van der Waals surface area contributed by atoms with Gasteiger partial charge in [0.1, 0.15) is 0 Å². The summed E-state index contributed by atoms with van der Waals surface area (Å²) >= 11 is 22.7. The first kappa shape index (κ1) is 20.8. The minimum Gasteiger partial charge on any atom is -0.339 e. The molecule has 0 radical (unpaired) electrons. The van der Waals surface area contributed by atoms with Crippen LogP contribution in [-0.2, 0) is 0 Å². The van der Waals surface area contributed by atoms with Crippen molar-refractivity contribution < 1.29 is 9.59 Å². The van der Waals surface area contributed by atoms with E-state index in [1.54, 1.807) is 38.4 Å². The minimum absolute atomic E-state index is 0.0371. The molecule has 0 fully saturated rings. The molecule has 0 aromatic heterocycles. The zero-order chi connectivity index (χ0) is 18.5. The molecule has 24 heavy (non-hydrogen) atoms. The maximum Gasteiger partial charge on any atom is 0.318 e.